The van der Waals surface area contributed by atoms with Crippen LogP contribution in [0.2, 0.25) is 0 Å². The minimum Gasteiger partial charge on any atom is -0.472 e. The molecule has 2 amide bonds. The van der Waals surface area contributed by atoms with Crippen molar-refractivity contribution >= 4 is 11.8 Å². The summed E-state index contributed by atoms with van der Waals surface area (Å²) in [5, 5.41) is 7.20. The van der Waals surface area contributed by atoms with Gasteiger partial charge in [-0.05, 0) is 25.0 Å². The summed E-state index contributed by atoms with van der Waals surface area (Å²) < 4.78 is 11.7. The van der Waals surface area contributed by atoms with Crippen molar-refractivity contribution in [1.29, 1.82) is 0 Å². The summed E-state index contributed by atoms with van der Waals surface area (Å²) in [7, 11) is 1.59. The predicted molar refractivity (Wildman–Crippen MR) is 88.9 cm³/mol. The molecule has 8 heteroatoms. The number of carbonyl (C=O) groups is 2. The van der Waals surface area contributed by atoms with Gasteiger partial charge in [-0.15, -0.1) is 0 Å². The van der Waals surface area contributed by atoms with E-state index in [0.717, 1.165) is 0 Å². The van der Waals surface area contributed by atoms with Crippen LogP contribution in [0, 0.1) is 0 Å². The van der Waals surface area contributed by atoms with E-state index in [2.05, 4.69) is 10.4 Å². The number of furan rings is 1. The molecule has 25 heavy (non-hydrogen) atoms. The molecule has 2 aromatic heterocycles. The van der Waals surface area contributed by atoms with Crippen LogP contribution in [-0.4, -0.2) is 59.8 Å². The predicted octanol–water partition coefficient (Wildman–Crippen LogP) is 0.870. The van der Waals surface area contributed by atoms with Crippen LogP contribution in [0.4, 0.5) is 0 Å². The minimum atomic E-state index is -0.787. The number of hydrogen-bond acceptors (Lipinski definition) is 5. The van der Waals surface area contributed by atoms with E-state index in [9.17, 15) is 9.59 Å². The molecule has 0 spiro atoms. The monoisotopic (exact) mass is 346 g/mol. The number of aromatic nitrogens is 2. The number of nitrogens with one attached hydrogen (secondary N) is 1. The standard InChI is InChI=1S/C17H22N4O4/c1-24-12-7-18-16(23)17(21-8-2-6-19-21)4-9-20(10-5-17)15(22)14-3-11-25-13-14/h2-3,6,8,11,13H,4-5,7,9-10,12H2,1H3,(H,18,23). The van der Waals surface area contributed by atoms with Crippen molar-refractivity contribution in [2.45, 2.75) is 18.4 Å². The molecule has 0 bridgehead atoms. The number of ether oxygens (including phenoxy) is 1. The molecule has 0 atom stereocenters. The van der Waals surface area contributed by atoms with Crippen LogP contribution in [-0.2, 0) is 15.1 Å². The fraction of sp³-hybridized carbons (Fsp3) is 0.471. The third kappa shape index (κ3) is 3.43. The van der Waals surface area contributed by atoms with Crippen LogP contribution < -0.4 is 5.32 Å². The molecule has 3 heterocycles. The number of amides is 2. The molecule has 0 radical (unpaired) electrons. The van der Waals surface area contributed by atoms with Crippen molar-refractivity contribution in [2.24, 2.45) is 0 Å². The second-order valence-electron chi connectivity index (χ2n) is 6.04. The molecule has 0 saturated carbocycles. The molecule has 1 saturated heterocycles. The first-order valence-electron chi connectivity index (χ1n) is 8.26. The fourth-order valence-corrected chi connectivity index (χ4v) is 3.16. The van der Waals surface area contributed by atoms with Gasteiger partial charge in [-0.1, -0.05) is 0 Å². The van der Waals surface area contributed by atoms with Gasteiger partial charge in [-0.2, -0.15) is 5.10 Å². The van der Waals surface area contributed by atoms with E-state index in [4.69, 9.17) is 9.15 Å². The highest BCUT2D eigenvalue weighted by Crippen LogP contribution is 2.30. The molecule has 0 aliphatic carbocycles. The minimum absolute atomic E-state index is 0.0809. The summed E-state index contributed by atoms with van der Waals surface area (Å²) in [5.41, 5.74) is -0.263. The van der Waals surface area contributed by atoms with Crippen LogP contribution >= 0.6 is 0 Å². The fourth-order valence-electron chi connectivity index (χ4n) is 3.16. The second kappa shape index (κ2) is 7.52. The summed E-state index contributed by atoms with van der Waals surface area (Å²) in [6, 6.07) is 3.45. The van der Waals surface area contributed by atoms with Gasteiger partial charge in [0.1, 0.15) is 11.8 Å². The van der Waals surface area contributed by atoms with Gasteiger partial charge >= 0.3 is 0 Å². The van der Waals surface area contributed by atoms with Crippen molar-refractivity contribution in [3.05, 3.63) is 42.6 Å². The molecule has 1 fully saturated rings. The van der Waals surface area contributed by atoms with Crippen LogP contribution in [0.1, 0.15) is 23.2 Å². The number of likely N-dealkylation sites (tertiary alicyclic amines) is 1. The molecule has 0 aromatic carbocycles. The first kappa shape index (κ1) is 17.2. The van der Waals surface area contributed by atoms with Crippen LogP contribution in [0.15, 0.2) is 41.5 Å². The average molecular weight is 346 g/mol. The van der Waals surface area contributed by atoms with E-state index in [1.165, 1.54) is 12.5 Å². The molecule has 1 aliphatic rings. The Bertz CT molecular complexity index is 688. The van der Waals surface area contributed by atoms with Crippen molar-refractivity contribution < 1.29 is 18.7 Å². The highest BCUT2D eigenvalue weighted by atomic mass is 16.5. The molecule has 0 unspecified atom stereocenters. The number of methoxy groups -OCH3 is 1. The Balaban J connectivity index is 1.73. The van der Waals surface area contributed by atoms with Gasteiger partial charge in [-0.25, -0.2) is 0 Å². The summed E-state index contributed by atoms with van der Waals surface area (Å²) in [6.07, 6.45) is 7.37. The molecule has 134 valence electrons. The maximum Gasteiger partial charge on any atom is 0.257 e. The average Bonchev–Trinajstić information content (AvgIpc) is 3.35. The van der Waals surface area contributed by atoms with Crippen molar-refractivity contribution in [1.82, 2.24) is 20.0 Å². The Hall–Kier alpha value is -2.61. The Labute approximate surface area is 145 Å². The highest BCUT2D eigenvalue weighted by molar-refractivity contribution is 5.94. The van der Waals surface area contributed by atoms with Gasteiger partial charge in [0.25, 0.3) is 5.91 Å². The van der Waals surface area contributed by atoms with E-state index in [1.807, 2.05) is 0 Å². The summed E-state index contributed by atoms with van der Waals surface area (Å²) >= 11 is 0. The zero-order valence-electron chi connectivity index (χ0n) is 14.2. The summed E-state index contributed by atoms with van der Waals surface area (Å²) in [6.45, 7) is 1.84. The van der Waals surface area contributed by atoms with E-state index in [0.29, 0.717) is 44.6 Å². The molecular formula is C17H22N4O4. The number of carbonyl (C=O) groups excluding carboxylic acids is 2. The molecule has 1 aliphatic heterocycles. The molecular weight excluding hydrogens is 324 g/mol. The van der Waals surface area contributed by atoms with Gasteiger partial charge in [0.05, 0.1) is 18.4 Å². The summed E-state index contributed by atoms with van der Waals surface area (Å²) in [5.74, 6) is -0.175. The maximum atomic E-state index is 12.9. The van der Waals surface area contributed by atoms with Crippen LogP contribution in [0.25, 0.3) is 0 Å². The van der Waals surface area contributed by atoms with E-state index < -0.39 is 5.54 Å². The first-order valence-corrected chi connectivity index (χ1v) is 8.26. The van der Waals surface area contributed by atoms with Gasteiger partial charge in [0, 0.05) is 39.1 Å². The Morgan fingerprint density at radius 1 is 1.40 bits per heavy atom. The van der Waals surface area contributed by atoms with Crippen molar-refractivity contribution in [3.63, 3.8) is 0 Å². The normalized spacial score (nSPS) is 16.6. The topological polar surface area (TPSA) is 89.6 Å². The quantitative estimate of drug-likeness (QED) is 0.784. The smallest absolute Gasteiger partial charge is 0.257 e. The van der Waals surface area contributed by atoms with Gasteiger partial charge in [0.15, 0.2) is 0 Å². The van der Waals surface area contributed by atoms with E-state index >= 15 is 0 Å². The van der Waals surface area contributed by atoms with Gasteiger partial charge in [0.2, 0.25) is 5.91 Å². The number of piperidine rings is 1. The number of hydrogen-bond donors (Lipinski definition) is 1. The molecule has 1 N–H and O–H groups in total. The lowest BCUT2D eigenvalue weighted by molar-refractivity contribution is -0.133. The van der Waals surface area contributed by atoms with E-state index in [1.54, 1.807) is 41.2 Å². The number of rotatable bonds is 6. The van der Waals surface area contributed by atoms with Gasteiger partial charge < -0.3 is 19.4 Å². The first-order chi connectivity index (χ1) is 12.2. The van der Waals surface area contributed by atoms with E-state index in [-0.39, 0.29) is 11.8 Å². The largest absolute Gasteiger partial charge is 0.472 e. The van der Waals surface area contributed by atoms with Gasteiger partial charge in [-0.3, -0.25) is 14.3 Å². The Morgan fingerprint density at radius 3 is 2.80 bits per heavy atom. The van der Waals surface area contributed by atoms with Crippen LogP contribution in [0.3, 0.4) is 0 Å². The SMILES string of the molecule is COCCNC(=O)C1(n2cccn2)CCN(C(=O)c2ccoc2)CC1. The highest BCUT2D eigenvalue weighted by Gasteiger charge is 2.44. The number of nitrogens with zero attached hydrogens (tertiary/aromatic N) is 3. The summed E-state index contributed by atoms with van der Waals surface area (Å²) in [4.78, 5) is 27.1. The molecule has 3 rings (SSSR count). The third-order valence-corrected chi connectivity index (χ3v) is 4.60. The lowest BCUT2D eigenvalue weighted by atomic mass is 9.86. The molecule has 2 aromatic rings. The Kier molecular flexibility index (Phi) is 5.18. The molecule has 8 nitrogen and oxygen atoms in total. The lowest BCUT2D eigenvalue weighted by Crippen LogP contribution is -2.56. The van der Waals surface area contributed by atoms with Crippen LogP contribution in [0.5, 0.6) is 0 Å². The zero-order chi connectivity index (χ0) is 17.7. The zero-order valence-corrected chi connectivity index (χ0v) is 14.2. The van der Waals surface area contributed by atoms with Crippen molar-refractivity contribution in [3.8, 4) is 0 Å². The van der Waals surface area contributed by atoms with Crippen molar-refractivity contribution in [2.75, 3.05) is 33.4 Å². The maximum absolute atomic E-state index is 12.9. The third-order valence-electron chi connectivity index (χ3n) is 4.60. The second-order valence-corrected chi connectivity index (χ2v) is 6.04. The Morgan fingerprint density at radius 2 is 2.20 bits per heavy atom. The lowest BCUT2D eigenvalue weighted by Gasteiger charge is -2.40.